The molecule has 104 valence electrons. The Morgan fingerprint density at radius 1 is 1.32 bits per heavy atom. The minimum atomic E-state index is -0.952. The van der Waals surface area contributed by atoms with Gasteiger partial charge in [0.25, 0.3) is 5.91 Å². The first kappa shape index (κ1) is 15.0. The molecule has 0 unspecified atom stereocenters. The van der Waals surface area contributed by atoms with Crippen molar-refractivity contribution in [2.24, 2.45) is 0 Å². The van der Waals surface area contributed by atoms with Crippen molar-refractivity contribution in [3.05, 3.63) is 29.3 Å². The minimum absolute atomic E-state index is 0.0778. The van der Waals surface area contributed by atoms with E-state index in [0.717, 1.165) is 5.56 Å². The normalized spacial score (nSPS) is 10.5. The van der Waals surface area contributed by atoms with Gasteiger partial charge in [-0.15, -0.1) is 0 Å². The summed E-state index contributed by atoms with van der Waals surface area (Å²) in [6.45, 7) is 5.56. The van der Waals surface area contributed by atoms with Gasteiger partial charge in [-0.05, 0) is 38.5 Å². The van der Waals surface area contributed by atoms with E-state index in [2.05, 4.69) is 0 Å². The number of phenolic OH excluding ortho intramolecular Hbond substituents is 1. The lowest BCUT2D eigenvalue weighted by atomic mass is 10.1. The van der Waals surface area contributed by atoms with Crippen LogP contribution in [0.3, 0.4) is 0 Å². The molecule has 0 saturated heterocycles. The number of carboxylic acid groups (broad SMARTS) is 1. The van der Waals surface area contributed by atoms with Gasteiger partial charge in [0.05, 0.1) is 12.0 Å². The first-order chi connectivity index (χ1) is 8.82. The summed E-state index contributed by atoms with van der Waals surface area (Å²) in [5.41, 5.74) is 1.06. The molecular formula is C14H19NO4. The van der Waals surface area contributed by atoms with Crippen molar-refractivity contribution < 1.29 is 19.8 Å². The third-order valence-electron chi connectivity index (χ3n) is 2.83. The summed E-state index contributed by atoms with van der Waals surface area (Å²) in [4.78, 5) is 24.4. The zero-order valence-electron chi connectivity index (χ0n) is 11.4. The minimum Gasteiger partial charge on any atom is -0.507 e. The maximum Gasteiger partial charge on any atom is 0.305 e. The molecule has 0 aliphatic carbocycles. The second-order valence-electron chi connectivity index (χ2n) is 4.76. The van der Waals surface area contributed by atoms with E-state index in [1.54, 1.807) is 12.1 Å². The summed E-state index contributed by atoms with van der Waals surface area (Å²) < 4.78 is 0. The zero-order valence-corrected chi connectivity index (χ0v) is 11.4. The van der Waals surface area contributed by atoms with Crippen molar-refractivity contribution in [2.75, 3.05) is 6.54 Å². The van der Waals surface area contributed by atoms with Gasteiger partial charge in [-0.1, -0.05) is 6.07 Å². The molecule has 0 heterocycles. The smallest absolute Gasteiger partial charge is 0.305 e. The molecule has 0 bridgehead atoms. The van der Waals surface area contributed by atoms with Gasteiger partial charge in [-0.25, -0.2) is 0 Å². The van der Waals surface area contributed by atoms with E-state index in [1.807, 2.05) is 20.8 Å². The van der Waals surface area contributed by atoms with Crippen molar-refractivity contribution in [1.82, 2.24) is 4.90 Å². The number of amides is 1. The molecule has 0 spiro atoms. The number of carboxylic acids is 1. The van der Waals surface area contributed by atoms with E-state index in [4.69, 9.17) is 5.11 Å². The van der Waals surface area contributed by atoms with Crippen molar-refractivity contribution in [2.45, 2.75) is 33.2 Å². The van der Waals surface area contributed by atoms with E-state index in [0.29, 0.717) is 0 Å². The number of carbonyl (C=O) groups excluding carboxylic acids is 1. The van der Waals surface area contributed by atoms with Gasteiger partial charge in [-0.2, -0.15) is 0 Å². The standard InChI is InChI=1S/C14H19NO4/c1-9(2)15(7-6-13(17)18)14(19)11-5-4-10(3)8-12(11)16/h4-5,8-9,16H,6-7H2,1-3H3,(H,17,18). The first-order valence-electron chi connectivity index (χ1n) is 6.15. The molecule has 1 rings (SSSR count). The fourth-order valence-corrected chi connectivity index (χ4v) is 1.79. The first-order valence-corrected chi connectivity index (χ1v) is 6.15. The maximum atomic E-state index is 12.3. The number of benzene rings is 1. The molecule has 0 aromatic heterocycles. The SMILES string of the molecule is Cc1ccc(C(=O)N(CCC(=O)O)C(C)C)c(O)c1. The Balaban J connectivity index is 2.95. The molecule has 2 N–H and O–H groups in total. The predicted octanol–water partition coefficient (Wildman–Crippen LogP) is 2.03. The molecule has 0 saturated carbocycles. The van der Waals surface area contributed by atoms with Crippen LogP contribution in [0.4, 0.5) is 0 Å². The van der Waals surface area contributed by atoms with Crippen LogP contribution in [0.5, 0.6) is 5.75 Å². The van der Waals surface area contributed by atoms with Crippen LogP contribution < -0.4 is 0 Å². The largest absolute Gasteiger partial charge is 0.507 e. The molecule has 0 fully saturated rings. The van der Waals surface area contributed by atoms with Gasteiger partial charge in [0, 0.05) is 12.6 Å². The van der Waals surface area contributed by atoms with E-state index in [1.165, 1.54) is 11.0 Å². The number of aliphatic carboxylic acids is 1. The van der Waals surface area contributed by atoms with Crippen LogP contribution in [-0.2, 0) is 4.79 Å². The molecule has 0 atom stereocenters. The average Bonchev–Trinajstić information content (AvgIpc) is 2.27. The van der Waals surface area contributed by atoms with Crippen LogP contribution in [0.15, 0.2) is 18.2 Å². The number of phenols is 1. The van der Waals surface area contributed by atoms with Gasteiger partial charge in [0.15, 0.2) is 0 Å². The highest BCUT2D eigenvalue weighted by Crippen LogP contribution is 2.21. The number of carbonyl (C=O) groups is 2. The average molecular weight is 265 g/mol. The summed E-state index contributed by atoms with van der Waals surface area (Å²) in [6, 6.07) is 4.68. The highest BCUT2D eigenvalue weighted by Gasteiger charge is 2.21. The van der Waals surface area contributed by atoms with E-state index < -0.39 is 5.97 Å². The van der Waals surface area contributed by atoms with Crippen LogP contribution in [-0.4, -0.2) is 39.6 Å². The number of rotatable bonds is 5. The summed E-state index contributed by atoms with van der Waals surface area (Å²) in [6.07, 6.45) is -0.115. The van der Waals surface area contributed by atoms with Crippen molar-refractivity contribution in [3.63, 3.8) is 0 Å². The summed E-state index contributed by atoms with van der Waals surface area (Å²) in [5, 5.41) is 18.5. The molecular weight excluding hydrogens is 246 g/mol. The summed E-state index contributed by atoms with van der Waals surface area (Å²) in [5.74, 6) is -1.38. The van der Waals surface area contributed by atoms with Crippen molar-refractivity contribution >= 4 is 11.9 Å². The van der Waals surface area contributed by atoms with E-state index in [9.17, 15) is 14.7 Å². The van der Waals surface area contributed by atoms with Gasteiger partial charge >= 0.3 is 5.97 Å². The second-order valence-corrected chi connectivity index (χ2v) is 4.76. The molecule has 1 aromatic rings. The number of hydrogen-bond donors (Lipinski definition) is 2. The fraction of sp³-hybridized carbons (Fsp3) is 0.429. The molecule has 5 nitrogen and oxygen atoms in total. The Morgan fingerprint density at radius 2 is 1.95 bits per heavy atom. The Bertz CT molecular complexity index is 482. The topological polar surface area (TPSA) is 77.8 Å². The molecule has 1 aromatic carbocycles. The lowest BCUT2D eigenvalue weighted by Gasteiger charge is -2.26. The molecule has 0 radical (unpaired) electrons. The van der Waals surface area contributed by atoms with Crippen molar-refractivity contribution in [1.29, 1.82) is 0 Å². The lowest BCUT2D eigenvalue weighted by molar-refractivity contribution is -0.137. The monoisotopic (exact) mass is 265 g/mol. The maximum absolute atomic E-state index is 12.3. The summed E-state index contributed by atoms with van der Waals surface area (Å²) >= 11 is 0. The predicted molar refractivity (Wildman–Crippen MR) is 71.3 cm³/mol. The van der Waals surface area contributed by atoms with E-state index in [-0.39, 0.29) is 36.2 Å². The Kier molecular flexibility index (Phi) is 4.92. The van der Waals surface area contributed by atoms with Crippen molar-refractivity contribution in [3.8, 4) is 5.75 Å². The lowest BCUT2D eigenvalue weighted by Crippen LogP contribution is -2.38. The fourth-order valence-electron chi connectivity index (χ4n) is 1.79. The van der Waals surface area contributed by atoms with Gasteiger partial charge in [0.2, 0.25) is 0 Å². The molecule has 0 aliphatic heterocycles. The quantitative estimate of drug-likeness (QED) is 0.853. The van der Waals surface area contributed by atoms with Gasteiger partial charge in [-0.3, -0.25) is 9.59 Å². The molecule has 19 heavy (non-hydrogen) atoms. The molecule has 1 amide bonds. The number of nitrogens with zero attached hydrogens (tertiary/aromatic N) is 1. The van der Waals surface area contributed by atoms with Crippen LogP contribution in [0.25, 0.3) is 0 Å². The van der Waals surface area contributed by atoms with Crippen LogP contribution in [0.1, 0.15) is 36.2 Å². The van der Waals surface area contributed by atoms with Crippen LogP contribution >= 0.6 is 0 Å². The van der Waals surface area contributed by atoms with Crippen LogP contribution in [0, 0.1) is 6.92 Å². The highest BCUT2D eigenvalue weighted by molar-refractivity contribution is 5.97. The molecule has 0 aliphatic rings. The number of hydrogen-bond acceptors (Lipinski definition) is 3. The Labute approximate surface area is 112 Å². The zero-order chi connectivity index (χ0) is 14.6. The van der Waals surface area contributed by atoms with Crippen LogP contribution in [0.2, 0.25) is 0 Å². The third kappa shape index (κ3) is 3.98. The Morgan fingerprint density at radius 3 is 2.42 bits per heavy atom. The number of aromatic hydroxyl groups is 1. The summed E-state index contributed by atoms with van der Waals surface area (Å²) in [7, 11) is 0. The van der Waals surface area contributed by atoms with Gasteiger partial charge in [0.1, 0.15) is 5.75 Å². The second kappa shape index (κ2) is 6.22. The highest BCUT2D eigenvalue weighted by atomic mass is 16.4. The Hall–Kier alpha value is -2.04. The van der Waals surface area contributed by atoms with Gasteiger partial charge < -0.3 is 15.1 Å². The van der Waals surface area contributed by atoms with E-state index >= 15 is 0 Å². The third-order valence-corrected chi connectivity index (χ3v) is 2.83. The molecule has 5 heteroatoms. The number of aryl methyl sites for hydroxylation is 1.